The third-order valence-electron chi connectivity index (χ3n) is 2.25. The Morgan fingerprint density at radius 2 is 2.00 bits per heavy atom. The Bertz CT molecular complexity index is 353. The van der Waals surface area contributed by atoms with Crippen molar-refractivity contribution in [2.24, 2.45) is 0 Å². The van der Waals surface area contributed by atoms with E-state index in [9.17, 15) is 0 Å². The molecular weight excluding hydrogens is 222 g/mol. The van der Waals surface area contributed by atoms with Gasteiger partial charge in [-0.25, -0.2) is 0 Å². The number of nitrogens with zero attached hydrogens (tertiary/aromatic N) is 2. The van der Waals surface area contributed by atoms with Crippen LogP contribution >= 0.6 is 11.8 Å². The number of aromatic nitrogens is 2. The van der Waals surface area contributed by atoms with Gasteiger partial charge in [0, 0.05) is 24.4 Å². The van der Waals surface area contributed by atoms with Gasteiger partial charge >= 0.3 is 0 Å². The van der Waals surface area contributed by atoms with Crippen molar-refractivity contribution >= 4 is 29.3 Å². The smallest absolute Gasteiger partial charge is 0.223 e. The highest BCUT2D eigenvalue weighted by atomic mass is 32.2. The molecule has 1 aromatic heterocycles. The standard InChI is InChI=1S/C10H19N5S/c1-10(2,16-4)6-13-8-5-7(12-3)14-9(11)15-8/h5H,6H2,1-4H3,(H4,11,12,13,14,15). The molecule has 0 saturated carbocycles. The Morgan fingerprint density at radius 3 is 2.56 bits per heavy atom. The lowest BCUT2D eigenvalue weighted by atomic mass is 10.2. The van der Waals surface area contributed by atoms with Gasteiger partial charge in [-0.2, -0.15) is 21.7 Å². The molecule has 0 amide bonds. The molecule has 0 unspecified atom stereocenters. The van der Waals surface area contributed by atoms with Crippen LogP contribution in [0.5, 0.6) is 0 Å². The van der Waals surface area contributed by atoms with Gasteiger partial charge in [-0.05, 0) is 20.1 Å². The maximum absolute atomic E-state index is 5.60. The van der Waals surface area contributed by atoms with E-state index in [0.717, 1.165) is 18.2 Å². The predicted molar refractivity (Wildman–Crippen MR) is 72.1 cm³/mol. The second kappa shape index (κ2) is 5.25. The monoisotopic (exact) mass is 241 g/mol. The third-order valence-corrected chi connectivity index (χ3v) is 3.50. The van der Waals surface area contributed by atoms with Gasteiger partial charge in [0.2, 0.25) is 5.95 Å². The van der Waals surface area contributed by atoms with E-state index < -0.39 is 0 Å². The minimum Gasteiger partial charge on any atom is -0.373 e. The number of hydrogen-bond donors (Lipinski definition) is 3. The minimum absolute atomic E-state index is 0.166. The van der Waals surface area contributed by atoms with Gasteiger partial charge < -0.3 is 16.4 Å². The summed E-state index contributed by atoms with van der Waals surface area (Å²) in [7, 11) is 1.80. The Morgan fingerprint density at radius 1 is 1.38 bits per heavy atom. The summed E-state index contributed by atoms with van der Waals surface area (Å²) in [6.45, 7) is 5.18. The Labute approximate surface area is 101 Å². The summed E-state index contributed by atoms with van der Waals surface area (Å²) in [6.07, 6.45) is 2.09. The van der Waals surface area contributed by atoms with Crippen LogP contribution in [0.1, 0.15) is 13.8 Å². The average Bonchev–Trinajstić information content (AvgIpc) is 2.26. The van der Waals surface area contributed by atoms with Crippen molar-refractivity contribution in [2.45, 2.75) is 18.6 Å². The third kappa shape index (κ3) is 3.77. The van der Waals surface area contributed by atoms with Gasteiger partial charge in [0.15, 0.2) is 0 Å². The normalized spacial score (nSPS) is 11.2. The summed E-state index contributed by atoms with van der Waals surface area (Å²) in [5.41, 5.74) is 5.60. The molecule has 1 aromatic rings. The molecule has 0 radical (unpaired) electrons. The topological polar surface area (TPSA) is 75.9 Å². The van der Waals surface area contributed by atoms with E-state index in [2.05, 4.69) is 40.7 Å². The lowest BCUT2D eigenvalue weighted by Gasteiger charge is -2.22. The Balaban J connectivity index is 2.70. The predicted octanol–water partition coefficient (Wildman–Crippen LogP) is 1.65. The average molecular weight is 241 g/mol. The van der Waals surface area contributed by atoms with E-state index in [-0.39, 0.29) is 10.7 Å². The van der Waals surface area contributed by atoms with Crippen LogP contribution in [-0.2, 0) is 0 Å². The first kappa shape index (κ1) is 12.9. The first-order chi connectivity index (χ1) is 7.46. The van der Waals surface area contributed by atoms with Crippen molar-refractivity contribution in [3.63, 3.8) is 0 Å². The second-order valence-corrected chi connectivity index (χ2v) is 5.58. The molecule has 90 valence electrons. The summed E-state index contributed by atoms with van der Waals surface area (Å²) < 4.78 is 0.166. The van der Waals surface area contributed by atoms with Crippen molar-refractivity contribution in [3.8, 4) is 0 Å². The largest absolute Gasteiger partial charge is 0.373 e. The highest BCUT2D eigenvalue weighted by molar-refractivity contribution is 7.99. The second-order valence-electron chi connectivity index (χ2n) is 4.06. The van der Waals surface area contributed by atoms with Crippen LogP contribution in [0.2, 0.25) is 0 Å². The number of nitrogens with one attached hydrogen (secondary N) is 2. The molecular formula is C10H19N5S. The van der Waals surface area contributed by atoms with Gasteiger partial charge in [0.1, 0.15) is 11.6 Å². The Hall–Kier alpha value is -1.17. The first-order valence-corrected chi connectivity index (χ1v) is 6.30. The van der Waals surface area contributed by atoms with Crippen molar-refractivity contribution in [3.05, 3.63) is 6.07 Å². The molecule has 16 heavy (non-hydrogen) atoms. The number of rotatable bonds is 5. The number of hydrogen-bond acceptors (Lipinski definition) is 6. The molecule has 0 saturated heterocycles. The van der Waals surface area contributed by atoms with Crippen LogP contribution in [0.15, 0.2) is 6.07 Å². The van der Waals surface area contributed by atoms with Crippen molar-refractivity contribution in [1.82, 2.24) is 9.97 Å². The molecule has 0 aliphatic rings. The van der Waals surface area contributed by atoms with E-state index in [0.29, 0.717) is 0 Å². The maximum atomic E-state index is 5.60. The van der Waals surface area contributed by atoms with Crippen LogP contribution < -0.4 is 16.4 Å². The molecule has 1 rings (SSSR count). The lowest BCUT2D eigenvalue weighted by Crippen LogP contribution is -2.26. The minimum atomic E-state index is 0.166. The van der Waals surface area contributed by atoms with E-state index in [1.54, 1.807) is 7.05 Å². The highest BCUT2D eigenvalue weighted by Crippen LogP contribution is 2.22. The molecule has 0 spiro atoms. The number of anilines is 3. The van der Waals surface area contributed by atoms with Crippen molar-refractivity contribution in [1.29, 1.82) is 0 Å². The zero-order chi connectivity index (χ0) is 12.2. The van der Waals surface area contributed by atoms with E-state index in [1.807, 2.05) is 17.8 Å². The lowest BCUT2D eigenvalue weighted by molar-refractivity contribution is 0.750. The fourth-order valence-electron chi connectivity index (χ4n) is 1.06. The summed E-state index contributed by atoms with van der Waals surface area (Å²) in [4.78, 5) is 8.15. The van der Waals surface area contributed by atoms with Gasteiger partial charge in [0.05, 0.1) is 0 Å². The van der Waals surface area contributed by atoms with Crippen molar-refractivity contribution < 1.29 is 0 Å². The van der Waals surface area contributed by atoms with Crippen LogP contribution in [0, 0.1) is 0 Å². The van der Waals surface area contributed by atoms with E-state index >= 15 is 0 Å². The SMILES string of the molecule is CNc1cc(NCC(C)(C)SC)nc(N)n1. The molecule has 0 bridgehead atoms. The van der Waals surface area contributed by atoms with Crippen LogP contribution in [0.3, 0.4) is 0 Å². The molecule has 0 fully saturated rings. The fraction of sp³-hybridized carbons (Fsp3) is 0.600. The molecule has 5 nitrogen and oxygen atoms in total. The van der Waals surface area contributed by atoms with Gasteiger partial charge in [-0.15, -0.1) is 0 Å². The van der Waals surface area contributed by atoms with E-state index in [4.69, 9.17) is 5.73 Å². The first-order valence-electron chi connectivity index (χ1n) is 5.08. The summed E-state index contributed by atoms with van der Waals surface area (Å²) in [5.74, 6) is 1.74. The summed E-state index contributed by atoms with van der Waals surface area (Å²) in [5, 5.41) is 6.20. The quantitative estimate of drug-likeness (QED) is 0.728. The Kier molecular flexibility index (Phi) is 4.23. The number of nitrogens with two attached hydrogens (primary N) is 1. The molecule has 0 aromatic carbocycles. The zero-order valence-corrected chi connectivity index (χ0v) is 11.0. The van der Waals surface area contributed by atoms with Gasteiger partial charge in [-0.1, -0.05) is 0 Å². The number of thioether (sulfide) groups is 1. The maximum Gasteiger partial charge on any atom is 0.223 e. The summed E-state index contributed by atoms with van der Waals surface area (Å²) in [6, 6.07) is 1.84. The van der Waals surface area contributed by atoms with Gasteiger partial charge in [-0.3, -0.25) is 0 Å². The van der Waals surface area contributed by atoms with Crippen LogP contribution in [0.4, 0.5) is 17.6 Å². The fourth-order valence-corrected chi connectivity index (χ4v) is 1.28. The van der Waals surface area contributed by atoms with Crippen LogP contribution in [-0.4, -0.2) is 34.6 Å². The molecule has 0 atom stereocenters. The molecule has 1 heterocycles. The van der Waals surface area contributed by atoms with Crippen LogP contribution in [0.25, 0.3) is 0 Å². The highest BCUT2D eigenvalue weighted by Gasteiger charge is 2.15. The molecule has 0 aliphatic heterocycles. The van der Waals surface area contributed by atoms with Crippen molar-refractivity contribution in [2.75, 3.05) is 36.2 Å². The number of nitrogen functional groups attached to an aromatic ring is 1. The zero-order valence-electron chi connectivity index (χ0n) is 10.2. The van der Waals surface area contributed by atoms with E-state index in [1.165, 1.54) is 0 Å². The molecule has 6 heteroatoms. The molecule has 0 aliphatic carbocycles. The van der Waals surface area contributed by atoms with Gasteiger partial charge in [0.25, 0.3) is 0 Å². The summed E-state index contributed by atoms with van der Waals surface area (Å²) >= 11 is 1.81. The molecule has 4 N–H and O–H groups in total.